The van der Waals surface area contributed by atoms with Crippen LogP contribution in [0, 0.1) is 17.1 Å². The molecule has 2 rings (SSSR count). The predicted octanol–water partition coefficient (Wildman–Crippen LogP) is 1.60. The Labute approximate surface area is 116 Å². The highest BCUT2D eigenvalue weighted by molar-refractivity contribution is 7.92. The van der Waals surface area contributed by atoms with Crippen LogP contribution in [0.1, 0.15) is 24.8 Å². The molecule has 1 aromatic rings. The lowest BCUT2D eigenvalue weighted by Gasteiger charge is -2.21. The Balaban J connectivity index is 2.18. The van der Waals surface area contributed by atoms with Gasteiger partial charge in [0.25, 0.3) is 0 Å². The number of nitrogens with one attached hydrogen (secondary N) is 1. The van der Waals surface area contributed by atoms with Gasteiger partial charge in [-0.05, 0) is 31.0 Å². The van der Waals surface area contributed by atoms with Gasteiger partial charge < -0.3 is 5.32 Å². The molecule has 1 atom stereocenters. The minimum Gasteiger partial charge on any atom is -0.325 e. The van der Waals surface area contributed by atoms with Gasteiger partial charge in [0, 0.05) is 5.69 Å². The molecule has 1 heterocycles. The first-order valence-electron chi connectivity index (χ1n) is 6.16. The number of nitriles is 1. The van der Waals surface area contributed by atoms with E-state index in [0.29, 0.717) is 19.3 Å². The molecule has 1 amide bonds. The number of amides is 1. The Bertz CT molecular complexity index is 679. The first kappa shape index (κ1) is 14.5. The van der Waals surface area contributed by atoms with Crippen molar-refractivity contribution in [1.29, 1.82) is 5.26 Å². The lowest BCUT2D eigenvalue weighted by Crippen LogP contribution is -2.39. The second-order valence-electron chi connectivity index (χ2n) is 4.65. The fraction of sp³-hybridized carbons (Fsp3) is 0.385. The van der Waals surface area contributed by atoms with Crippen LogP contribution in [0.15, 0.2) is 18.2 Å². The average molecular weight is 296 g/mol. The van der Waals surface area contributed by atoms with Gasteiger partial charge in [0.2, 0.25) is 5.91 Å². The molecule has 1 N–H and O–H groups in total. The Morgan fingerprint density at radius 2 is 2.15 bits per heavy atom. The van der Waals surface area contributed by atoms with Crippen LogP contribution >= 0.6 is 0 Å². The van der Waals surface area contributed by atoms with E-state index in [9.17, 15) is 17.6 Å². The van der Waals surface area contributed by atoms with Crippen LogP contribution in [0.25, 0.3) is 0 Å². The molecule has 0 aromatic heterocycles. The monoisotopic (exact) mass is 296 g/mol. The van der Waals surface area contributed by atoms with E-state index in [-0.39, 0.29) is 17.0 Å². The molecule has 0 saturated carbocycles. The third-order valence-corrected chi connectivity index (χ3v) is 5.40. The topological polar surface area (TPSA) is 87.0 Å². The molecule has 1 aromatic carbocycles. The molecule has 1 aliphatic rings. The molecule has 0 bridgehead atoms. The minimum atomic E-state index is -3.42. The SMILES string of the molecule is N#Cc1cc(NC(=O)C2CCCCS2(=O)=O)ccc1F. The number of nitrogens with zero attached hydrogens (tertiary/aromatic N) is 1. The van der Waals surface area contributed by atoms with E-state index >= 15 is 0 Å². The largest absolute Gasteiger partial charge is 0.325 e. The quantitative estimate of drug-likeness (QED) is 0.898. The molecule has 1 fully saturated rings. The number of anilines is 1. The van der Waals surface area contributed by atoms with E-state index in [4.69, 9.17) is 5.26 Å². The van der Waals surface area contributed by atoms with Crippen molar-refractivity contribution in [3.8, 4) is 6.07 Å². The Morgan fingerprint density at radius 3 is 2.80 bits per heavy atom. The second kappa shape index (κ2) is 5.59. The standard InChI is InChI=1S/C13H13FN2O3S/c14-11-5-4-10(7-9(11)8-15)16-13(17)12-3-1-2-6-20(12,18)19/h4-5,7,12H,1-3,6H2,(H,16,17). The maximum Gasteiger partial charge on any atom is 0.242 e. The summed E-state index contributed by atoms with van der Waals surface area (Å²) in [4.78, 5) is 12.0. The van der Waals surface area contributed by atoms with Crippen molar-refractivity contribution in [2.24, 2.45) is 0 Å². The summed E-state index contributed by atoms with van der Waals surface area (Å²) >= 11 is 0. The van der Waals surface area contributed by atoms with E-state index in [1.165, 1.54) is 12.1 Å². The molecule has 106 valence electrons. The van der Waals surface area contributed by atoms with E-state index in [0.717, 1.165) is 6.07 Å². The van der Waals surface area contributed by atoms with Crippen LogP contribution in [0.3, 0.4) is 0 Å². The summed E-state index contributed by atoms with van der Waals surface area (Å²) in [6.07, 6.45) is 1.55. The third-order valence-electron chi connectivity index (χ3n) is 3.23. The van der Waals surface area contributed by atoms with Gasteiger partial charge in [-0.15, -0.1) is 0 Å². The fourth-order valence-electron chi connectivity index (χ4n) is 2.16. The lowest BCUT2D eigenvalue weighted by atomic mass is 10.1. The summed E-state index contributed by atoms with van der Waals surface area (Å²) in [7, 11) is -3.42. The van der Waals surface area contributed by atoms with Crippen LogP contribution in [-0.4, -0.2) is 25.3 Å². The summed E-state index contributed by atoms with van der Waals surface area (Å²) in [5.41, 5.74) is 0.0167. The highest BCUT2D eigenvalue weighted by Gasteiger charge is 2.34. The molecule has 0 radical (unpaired) electrons. The number of carbonyl (C=O) groups is 1. The van der Waals surface area contributed by atoms with Gasteiger partial charge in [-0.2, -0.15) is 5.26 Å². The summed E-state index contributed by atoms with van der Waals surface area (Å²) in [5, 5.41) is 10.1. The smallest absolute Gasteiger partial charge is 0.242 e. The zero-order valence-corrected chi connectivity index (χ0v) is 11.4. The minimum absolute atomic E-state index is 0.0119. The van der Waals surface area contributed by atoms with Gasteiger partial charge in [0.15, 0.2) is 9.84 Å². The molecule has 7 heteroatoms. The molecule has 1 unspecified atom stereocenters. The summed E-state index contributed by atoms with van der Waals surface area (Å²) in [6.45, 7) is 0. The van der Waals surface area contributed by atoms with Crippen molar-refractivity contribution in [1.82, 2.24) is 0 Å². The zero-order valence-electron chi connectivity index (χ0n) is 10.6. The van der Waals surface area contributed by atoms with Gasteiger partial charge in [-0.25, -0.2) is 12.8 Å². The number of sulfone groups is 1. The van der Waals surface area contributed by atoms with Gasteiger partial charge in [0.05, 0.1) is 11.3 Å². The Hall–Kier alpha value is -1.94. The molecule has 0 spiro atoms. The van der Waals surface area contributed by atoms with Crippen molar-refractivity contribution in [2.45, 2.75) is 24.5 Å². The predicted molar refractivity (Wildman–Crippen MR) is 71.2 cm³/mol. The maximum atomic E-state index is 13.2. The molecular weight excluding hydrogens is 283 g/mol. The second-order valence-corrected chi connectivity index (χ2v) is 6.95. The van der Waals surface area contributed by atoms with Gasteiger partial charge >= 0.3 is 0 Å². The molecule has 1 saturated heterocycles. The molecule has 0 aliphatic carbocycles. The van der Waals surface area contributed by atoms with Gasteiger partial charge in [-0.3, -0.25) is 4.79 Å². The highest BCUT2D eigenvalue weighted by Crippen LogP contribution is 2.22. The molecule has 20 heavy (non-hydrogen) atoms. The first-order valence-corrected chi connectivity index (χ1v) is 7.87. The van der Waals surface area contributed by atoms with Crippen LogP contribution in [0.5, 0.6) is 0 Å². The number of halogens is 1. The number of carbonyl (C=O) groups excluding carboxylic acids is 1. The van der Waals surface area contributed by atoms with Gasteiger partial charge in [0.1, 0.15) is 17.1 Å². The zero-order chi connectivity index (χ0) is 14.8. The van der Waals surface area contributed by atoms with Crippen molar-refractivity contribution < 1.29 is 17.6 Å². The molecule has 1 aliphatic heterocycles. The normalized spacial score (nSPS) is 20.9. The van der Waals surface area contributed by atoms with Crippen molar-refractivity contribution in [3.63, 3.8) is 0 Å². The third kappa shape index (κ3) is 2.96. The fourth-order valence-corrected chi connectivity index (χ4v) is 3.96. The van der Waals surface area contributed by atoms with E-state index in [1.54, 1.807) is 6.07 Å². The Morgan fingerprint density at radius 1 is 1.40 bits per heavy atom. The number of rotatable bonds is 2. The molecular formula is C13H13FN2O3S. The van der Waals surface area contributed by atoms with E-state index in [2.05, 4.69) is 5.32 Å². The number of hydrogen-bond donors (Lipinski definition) is 1. The van der Waals surface area contributed by atoms with Crippen molar-refractivity contribution >= 4 is 21.4 Å². The maximum absolute atomic E-state index is 13.2. The van der Waals surface area contributed by atoms with Crippen molar-refractivity contribution in [2.75, 3.05) is 11.1 Å². The summed E-state index contributed by atoms with van der Waals surface area (Å²) in [5.74, 6) is -1.30. The average Bonchev–Trinajstić information content (AvgIpc) is 2.40. The van der Waals surface area contributed by atoms with E-state index < -0.39 is 26.8 Å². The van der Waals surface area contributed by atoms with Crippen molar-refractivity contribution in [3.05, 3.63) is 29.6 Å². The van der Waals surface area contributed by atoms with Crippen LogP contribution in [-0.2, 0) is 14.6 Å². The number of benzene rings is 1. The molecule has 5 nitrogen and oxygen atoms in total. The van der Waals surface area contributed by atoms with Crippen LogP contribution in [0.4, 0.5) is 10.1 Å². The summed E-state index contributed by atoms with van der Waals surface area (Å²) in [6, 6.07) is 5.20. The lowest BCUT2D eigenvalue weighted by molar-refractivity contribution is -0.116. The summed E-state index contributed by atoms with van der Waals surface area (Å²) < 4.78 is 36.8. The highest BCUT2D eigenvalue weighted by atomic mass is 32.2. The van der Waals surface area contributed by atoms with Crippen LogP contribution in [0.2, 0.25) is 0 Å². The van der Waals surface area contributed by atoms with Gasteiger partial charge in [-0.1, -0.05) is 6.42 Å². The Kier molecular flexibility index (Phi) is 4.04. The first-order chi connectivity index (χ1) is 9.44. The van der Waals surface area contributed by atoms with Crippen LogP contribution < -0.4 is 5.32 Å². The van der Waals surface area contributed by atoms with E-state index in [1.807, 2.05) is 0 Å². The number of hydrogen-bond acceptors (Lipinski definition) is 4.